The summed E-state index contributed by atoms with van der Waals surface area (Å²) < 4.78 is 0. The Hall–Kier alpha value is -4.34. The van der Waals surface area contributed by atoms with E-state index in [-0.39, 0.29) is 36.7 Å². The Bertz CT molecular complexity index is 1450. The van der Waals surface area contributed by atoms with Crippen LogP contribution in [0, 0.1) is 0 Å². The first-order valence-electron chi connectivity index (χ1n) is 11.3. The molecule has 11 heteroatoms. The van der Waals surface area contributed by atoms with Gasteiger partial charge in [0.2, 0.25) is 5.96 Å². The third kappa shape index (κ3) is 7.34. The number of aromatic nitrogens is 1. The first kappa shape index (κ1) is 29.9. The molecule has 0 unspecified atom stereocenters. The highest BCUT2D eigenvalue weighted by atomic mass is 35.5. The molecule has 3 aromatic carbocycles. The minimum Gasteiger partial charge on any atom is -0.378 e. The highest BCUT2D eigenvalue weighted by Crippen LogP contribution is 2.28. The Labute approximate surface area is 233 Å². The maximum absolute atomic E-state index is 12.7. The van der Waals surface area contributed by atoms with Crippen molar-refractivity contribution >= 4 is 76.0 Å². The fraction of sp³-hybridized carbons (Fsp3) is 0.111. The Morgan fingerprint density at radius 3 is 2.11 bits per heavy atom. The lowest BCUT2D eigenvalue weighted by Crippen LogP contribution is -2.22. The number of amides is 1. The molecule has 0 radical (unpaired) electrons. The van der Waals surface area contributed by atoms with E-state index in [1.807, 2.05) is 56.6 Å². The molecule has 1 aromatic heterocycles. The normalized spacial score (nSPS) is 10.6. The highest BCUT2D eigenvalue weighted by Gasteiger charge is 2.09. The molecule has 0 fully saturated rings. The summed E-state index contributed by atoms with van der Waals surface area (Å²) in [4.78, 5) is 19.3. The fourth-order valence-corrected chi connectivity index (χ4v) is 3.57. The van der Waals surface area contributed by atoms with Gasteiger partial charge < -0.3 is 27.0 Å². The number of nitrogens with one attached hydrogen (secondary N) is 2. The number of nitrogens with two attached hydrogens (primary N) is 2. The van der Waals surface area contributed by atoms with Crippen LogP contribution in [0.3, 0.4) is 0 Å². The third-order valence-corrected chi connectivity index (χ3v) is 5.54. The van der Waals surface area contributed by atoms with Gasteiger partial charge in [0.25, 0.3) is 5.91 Å². The summed E-state index contributed by atoms with van der Waals surface area (Å²) in [5, 5.41) is 15.0. The molecule has 4 aromatic rings. The predicted molar refractivity (Wildman–Crippen MR) is 163 cm³/mol. The molecular weight excluding hydrogens is 523 g/mol. The number of rotatable bonds is 7. The van der Waals surface area contributed by atoms with E-state index in [2.05, 4.69) is 36.8 Å². The highest BCUT2D eigenvalue weighted by molar-refractivity contribution is 6.05. The number of pyridine rings is 1. The van der Waals surface area contributed by atoms with Crippen molar-refractivity contribution in [3.8, 4) is 0 Å². The first-order valence-corrected chi connectivity index (χ1v) is 11.3. The van der Waals surface area contributed by atoms with Crippen LogP contribution in [0.1, 0.15) is 22.8 Å². The van der Waals surface area contributed by atoms with E-state index < -0.39 is 0 Å². The molecule has 0 atom stereocenters. The zero-order valence-electron chi connectivity index (χ0n) is 21.2. The molecule has 0 aliphatic heterocycles. The van der Waals surface area contributed by atoms with Gasteiger partial charge in [-0.15, -0.1) is 29.9 Å². The molecule has 9 nitrogen and oxygen atoms in total. The van der Waals surface area contributed by atoms with Gasteiger partial charge in [-0.25, -0.2) is 0 Å². The van der Waals surface area contributed by atoms with Crippen LogP contribution in [0.2, 0.25) is 0 Å². The van der Waals surface area contributed by atoms with Crippen LogP contribution in [0.5, 0.6) is 0 Å². The second-order valence-electron chi connectivity index (χ2n) is 8.40. The second-order valence-corrected chi connectivity index (χ2v) is 8.40. The van der Waals surface area contributed by atoms with Crippen LogP contribution < -0.4 is 27.0 Å². The van der Waals surface area contributed by atoms with E-state index >= 15 is 0 Å². The zero-order chi connectivity index (χ0) is 25.7. The van der Waals surface area contributed by atoms with Crippen LogP contribution in [-0.4, -0.2) is 36.7 Å². The molecule has 198 valence electrons. The van der Waals surface area contributed by atoms with Crippen molar-refractivity contribution in [2.45, 2.75) is 6.92 Å². The molecular formula is C27H30Cl2N8O. The number of carbonyl (C=O) groups is 1. The largest absolute Gasteiger partial charge is 0.378 e. The number of anilines is 4. The Morgan fingerprint density at radius 2 is 1.47 bits per heavy atom. The number of hydrogen-bond acceptors (Lipinski definition) is 6. The lowest BCUT2D eigenvalue weighted by atomic mass is 10.1. The van der Waals surface area contributed by atoms with Crippen LogP contribution in [0.4, 0.5) is 22.7 Å². The molecule has 6 N–H and O–H groups in total. The average molecular weight is 553 g/mol. The molecule has 1 heterocycles. The van der Waals surface area contributed by atoms with Gasteiger partial charge in [-0.2, -0.15) is 5.10 Å². The van der Waals surface area contributed by atoms with Crippen LogP contribution >= 0.6 is 24.8 Å². The van der Waals surface area contributed by atoms with Crippen molar-refractivity contribution in [2.24, 2.45) is 21.7 Å². The minimum atomic E-state index is -0.204. The lowest BCUT2D eigenvalue weighted by molar-refractivity contribution is 0.102. The summed E-state index contributed by atoms with van der Waals surface area (Å²) in [6.45, 7) is 1.80. The summed E-state index contributed by atoms with van der Waals surface area (Å²) in [6, 6.07) is 22.7. The van der Waals surface area contributed by atoms with Gasteiger partial charge in [0.15, 0.2) is 0 Å². The number of fused-ring (bicyclic) bond motifs is 1. The van der Waals surface area contributed by atoms with Gasteiger partial charge in [-0.05, 0) is 73.2 Å². The van der Waals surface area contributed by atoms with Crippen LogP contribution in [-0.2, 0) is 0 Å². The van der Waals surface area contributed by atoms with E-state index in [9.17, 15) is 4.79 Å². The Balaban J connectivity index is 0.00000253. The van der Waals surface area contributed by atoms with E-state index in [1.165, 1.54) is 0 Å². The monoisotopic (exact) mass is 552 g/mol. The van der Waals surface area contributed by atoms with Gasteiger partial charge in [-0.3, -0.25) is 9.78 Å². The summed E-state index contributed by atoms with van der Waals surface area (Å²) >= 11 is 0. The number of halogens is 2. The Kier molecular flexibility index (Phi) is 10.4. The fourth-order valence-electron chi connectivity index (χ4n) is 3.57. The van der Waals surface area contributed by atoms with E-state index in [0.29, 0.717) is 17.0 Å². The standard InChI is InChI=1S/C27H28N8O.2ClH/c1-17(33-34-27(28)29)18-4-8-21(9-5-18)32-26(36)19-6-10-20(11-7-19)31-25-14-15-30-24-13-12-22(35(2)3)16-23(24)25;;/h4-16H,1-3H3,(H,30,31)(H,32,36)(H4,28,29,34);2*1H/b33-17+;;. The summed E-state index contributed by atoms with van der Waals surface area (Å²) in [7, 11) is 4.01. The molecule has 4 rings (SSSR count). The summed E-state index contributed by atoms with van der Waals surface area (Å²) in [6.07, 6.45) is 1.78. The van der Waals surface area contributed by atoms with E-state index in [4.69, 9.17) is 11.5 Å². The van der Waals surface area contributed by atoms with Crippen molar-refractivity contribution < 1.29 is 4.79 Å². The topological polar surface area (TPSA) is 134 Å². The second kappa shape index (κ2) is 13.3. The van der Waals surface area contributed by atoms with Gasteiger partial charge in [0.05, 0.1) is 11.2 Å². The van der Waals surface area contributed by atoms with Gasteiger partial charge in [0, 0.05) is 54.0 Å². The summed E-state index contributed by atoms with van der Waals surface area (Å²) in [5.41, 5.74) is 17.1. The molecule has 1 amide bonds. The van der Waals surface area contributed by atoms with Gasteiger partial charge in [-0.1, -0.05) is 12.1 Å². The predicted octanol–water partition coefficient (Wildman–Crippen LogP) is 5.14. The van der Waals surface area contributed by atoms with Crippen LogP contribution in [0.25, 0.3) is 10.9 Å². The molecule has 0 spiro atoms. The van der Waals surface area contributed by atoms with Crippen molar-refractivity contribution in [2.75, 3.05) is 29.6 Å². The van der Waals surface area contributed by atoms with E-state index in [0.717, 1.165) is 33.5 Å². The van der Waals surface area contributed by atoms with Crippen molar-refractivity contribution in [1.82, 2.24) is 4.98 Å². The van der Waals surface area contributed by atoms with Crippen molar-refractivity contribution in [3.63, 3.8) is 0 Å². The maximum Gasteiger partial charge on any atom is 0.255 e. The lowest BCUT2D eigenvalue weighted by Gasteiger charge is -2.15. The van der Waals surface area contributed by atoms with Crippen molar-refractivity contribution in [1.29, 1.82) is 0 Å². The zero-order valence-corrected chi connectivity index (χ0v) is 22.8. The van der Waals surface area contributed by atoms with Crippen LogP contribution in [0.15, 0.2) is 89.2 Å². The quantitative estimate of drug-likeness (QED) is 0.142. The minimum absolute atomic E-state index is 0. The molecule has 0 saturated carbocycles. The molecule has 0 aliphatic rings. The smallest absolute Gasteiger partial charge is 0.255 e. The first-order chi connectivity index (χ1) is 17.3. The van der Waals surface area contributed by atoms with E-state index in [1.54, 1.807) is 37.4 Å². The third-order valence-electron chi connectivity index (χ3n) is 5.54. The number of nitrogens with zero attached hydrogens (tertiary/aromatic N) is 4. The number of hydrogen-bond donors (Lipinski definition) is 4. The number of carbonyl (C=O) groups excluding carboxylic acids is 1. The summed E-state index contributed by atoms with van der Waals surface area (Å²) in [5.74, 6) is -0.308. The van der Waals surface area contributed by atoms with Crippen molar-refractivity contribution in [3.05, 3.63) is 90.1 Å². The molecule has 0 aliphatic carbocycles. The van der Waals surface area contributed by atoms with Gasteiger partial charge >= 0.3 is 0 Å². The number of guanidine groups is 1. The SMILES string of the molecule is C/C(=N\N=C(N)N)c1ccc(NC(=O)c2ccc(Nc3ccnc4ccc(N(C)C)cc34)cc2)cc1.Cl.Cl. The molecule has 38 heavy (non-hydrogen) atoms. The molecule has 0 bridgehead atoms. The maximum atomic E-state index is 12.7. The molecule has 0 saturated heterocycles. The average Bonchev–Trinajstić information content (AvgIpc) is 2.88. The Morgan fingerprint density at radius 1 is 0.842 bits per heavy atom. The number of benzene rings is 3. The van der Waals surface area contributed by atoms with Gasteiger partial charge in [0.1, 0.15) is 0 Å².